The predicted octanol–water partition coefficient (Wildman–Crippen LogP) is 2.24. The summed E-state index contributed by atoms with van der Waals surface area (Å²) in [5.41, 5.74) is 5.00. The molecule has 0 aliphatic heterocycles. The maximum absolute atomic E-state index is 10.3. The molecule has 0 aliphatic carbocycles. The first-order chi connectivity index (χ1) is 5.63. The number of allylic oxidation sites excluding steroid dienone is 2. The number of carbonyl (C=O) groups is 1. The normalized spacial score (nSPS) is 11.2. The molecule has 2 nitrogen and oxygen atoms in total. The lowest BCUT2D eigenvalue weighted by Gasteiger charge is -1.95. The molecule has 0 bridgehead atoms. The summed E-state index contributed by atoms with van der Waals surface area (Å²) in [5.74, 6) is 0.434. The van der Waals surface area contributed by atoms with Crippen molar-refractivity contribution in [2.45, 2.75) is 39.5 Å². The fraction of sp³-hybridized carbons (Fsp3) is 0.700. The molecule has 0 spiro atoms. The number of nitrogens with two attached hydrogens (primary N) is 1. The SMILES string of the molecule is CC(C)C=CCCCCC(N)=O. The third kappa shape index (κ3) is 9.21. The average Bonchev–Trinajstić information content (AvgIpc) is 1.95. The van der Waals surface area contributed by atoms with Gasteiger partial charge in [0, 0.05) is 6.42 Å². The summed E-state index contributed by atoms with van der Waals surface area (Å²) >= 11 is 0. The van der Waals surface area contributed by atoms with E-state index in [-0.39, 0.29) is 5.91 Å². The number of primary amides is 1. The molecular weight excluding hydrogens is 150 g/mol. The monoisotopic (exact) mass is 169 g/mol. The first-order valence-electron chi connectivity index (χ1n) is 4.58. The van der Waals surface area contributed by atoms with Gasteiger partial charge in [-0.15, -0.1) is 0 Å². The number of unbranched alkanes of at least 4 members (excludes halogenated alkanes) is 2. The summed E-state index contributed by atoms with van der Waals surface area (Å²) < 4.78 is 0. The lowest BCUT2D eigenvalue weighted by atomic mass is 10.1. The minimum atomic E-state index is -0.192. The zero-order valence-corrected chi connectivity index (χ0v) is 8.05. The average molecular weight is 169 g/mol. The predicted molar refractivity (Wildman–Crippen MR) is 51.6 cm³/mol. The number of carbonyl (C=O) groups excluding carboxylic acids is 1. The molecule has 0 atom stereocenters. The largest absolute Gasteiger partial charge is 0.370 e. The van der Waals surface area contributed by atoms with Crippen LogP contribution in [0.15, 0.2) is 12.2 Å². The maximum atomic E-state index is 10.3. The maximum Gasteiger partial charge on any atom is 0.217 e. The van der Waals surface area contributed by atoms with Gasteiger partial charge in [0.15, 0.2) is 0 Å². The molecule has 2 heteroatoms. The van der Waals surface area contributed by atoms with E-state index in [1.165, 1.54) is 0 Å². The van der Waals surface area contributed by atoms with Crippen LogP contribution in [0.2, 0.25) is 0 Å². The van der Waals surface area contributed by atoms with Crippen LogP contribution in [0.4, 0.5) is 0 Å². The summed E-state index contributed by atoms with van der Waals surface area (Å²) in [6, 6.07) is 0. The highest BCUT2D eigenvalue weighted by molar-refractivity contribution is 5.73. The molecule has 12 heavy (non-hydrogen) atoms. The van der Waals surface area contributed by atoms with E-state index < -0.39 is 0 Å². The Balaban J connectivity index is 3.16. The first-order valence-corrected chi connectivity index (χ1v) is 4.58. The molecule has 2 N–H and O–H groups in total. The van der Waals surface area contributed by atoms with Gasteiger partial charge in [-0.3, -0.25) is 4.79 Å². The van der Waals surface area contributed by atoms with E-state index in [0.29, 0.717) is 12.3 Å². The summed E-state index contributed by atoms with van der Waals surface area (Å²) in [4.78, 5) is 10.3. The summed E-state index contributed by atoms with van der Waals surface area (Å²) in [5, 5.41) is 0. The highest BCUT2D eigenvalue weighted by Crippen LogP contribution is 2.02. The van der Waals surface area contributed by atoms with Gasteiger partial charge in [0.2, 0.25) is 5.91 Å². The third-order valence-electron chi connectivity index (χ3n) is 1.56. The van der Waals surface area contributed by atoms with E-state index in [1.54, 1.807) is 0 Å². The zero-order chi connectivity index (χ0) is 9.40. The van der Waals surface area contributed by atoms with Crippen molar-refractivity contribution in [3.8, 4) is 0 Å². The molecule has 70 valence electrons. The van der Waals surface area contributed by atoms with Crippen molar-refractivity contribution in [3.63, 3.8) is 0 Å². The topological polar surface area (TPSA) is 43.1 Å². The van der Waals surface area contributed by atoms with Gasteiger partial charge in [0.1, 0.15) is 0 Å². The van der Waals surface area contributed by atoms with Gasteiger partial charge in [-0.2, -0.15) is 0 Å². The molecule has 0 saturated carbocycles. The van der Waals surface area contributed by atoms with Crippen LogP contribution >= 0.6 is 0 Å². The molecule has 0 aromatic heterocycles. The Bertz CT molecular complexity index is 150. The summed E-state index contributed by atoms with van der Waals surface area (Å²) in [7, 11) is 0. The Morgan fingerprint density at radius 3 is 2.58 bits per heavy atom. The molecule has 0 aliphatic rings. The second-order valence-corrected chi connectivity index (χ2v) is 3.38. The Morgan fingerprint density at radius 1 is 1.42 bits per heavy atom. The number of hydrogen-bond donors (Lipinski definition) is 1. The van der Waals surface area contributed by atoms with E-state index in [2.05, 4.69) is 26.0 Å². The molecule has 1 amide bonds. The molecular formula is C10H19NO. The fourth-order valence-electron chi connectivity index (χ4n) is 0.930. The van der Waals surface area contributed by atoms with Gasteiger partial charge in [-0.1, -0.05) is 26.0 Å². The van der Waals surface area contributed by atoms with Crippen LogP contribution in [-0.4, -0.2) is 5.91 Å². The number of hydrogen-bond acceptors (Lipinski definition) is 1. The van der Waals surface area contributed by atoms with Crippen molar-refractivity contribution in [1.82, 2.24) is 0 Å². The quantitative estimate of drug-likeness (QED) is 0.481. The van der Waals surface area contributed by atoms with Crippen molar-refractivity contribution in [2.75, 3.05) is 0 Å². The summed E-state index contributed by atoms with van der Waals surface area (Å²) in [6.07, 6.45) is 7.92. The van der Waals surface area contributed by atoms with Gasteiger partial charge < -0.3 is 5.73 Å². The molecule has 0 heterocycles. The van der Waals surface area contributed by atoms with E-state index in [0.717, 1.165) is 19.3 Å². The van der Waals surface area contributed by atoms with Gasteiger partial charge >= 0.3 is 0 Å². The standard InChI is InChI=1S/C10H19NO/c1-9(2)7-5-3-4-6-8-10(11)12/h5,7,9H,3-4,6,8H2,1-2H3,(H2,11,12). The first kappa shape index (κ1) is 11.2. The van der Waals surface area contributed by atoms with E-state index in [4.69, 9.17) is 5.73 Å². The van der Waals surface area contributed by atoms with Gasteiger partial charge in [0.05, 0.1) is 0 Å². The Labute approximate surface area is 74.8 Å². The van der Waals surface area contributed by atoms with Crippen LogP contribution in [0, 0.1) is 5.92 Å². The van der Waals surface area contributed by atoms with Crippen LogP contribution in [0.5, 0.6) is 0 Å². The van der Waals surface area contributed by atoms with Crippen LogP contribution in [0.1, 0.15) is 39.5 Å². The van der Waals surface area contributed by atoms with E-state index >= 15 is 0 Å². The van der Waals surface area contributed by atoms with E-state index in [9.17, 15) is 4.79 Å². The molecule has 0 rings (SSSR count). The van der Waals surface area contributed by atoms with Gasteiger partial charge in [-0.05, 0) is 25.2 Å². The lowest BCUT2D eigenvalue weighted by Crippen LogP contribution is -2.09. The second-order valence-electron chi connectivity index (χ2n) is 3.38. The number of amides is 1. The molecule has 0 saturated heterocycles. The number of rotatable bonds is 6. The van der Waals surface area contributed by atoms with Crippen molar-refractivity contribution in [1.29, 1.82) is 0 Å². The van der Waals surface area contributed by atoms with Crippen molar-refractivity contribution < 1.29 is 4.79 Å². The van der Waals surface area contributed by atoms with Crippen LogP contribution < -0.4 is 5.73 Å². The molecule has 0 aromatic rings. The second kappa shape index (κ2) is 6.89. The molecule has 0 aromatic carbocycles. The van der Waals surface area contributed by atoms with Crippen molar-refractivity contribution in [3.05, 3.63) is 12.2 Å². The lowest BCUT2D eigenvalue weighted by molar-refractivity contribution is -0.118. The fourth-order valence-corrected chi connectivity index (χ4v) is 0.930. The smallest absolute Gasteiger partial charge is 0.217 e. The zero-order valence-electron chi connectivity index (χ0n) is 8.05. The van der Waals surface area contributed by atoms with Crippen LogP contribution in [0.3, 0.4) is 0 Å². The molecule has 0 unspecified atom stereocenters. The van der Waals surface area contributed by atoms with Gasteiger partial charge in [-0.25, -0.2) is 0 Å². The highest BCUT2D eigenvalue weighted by Gasteiger charge is 1.92. The van der Waals surface area contributed by atoms with E-state index in [1.807, 2.05) is 0 Å². The Hall–Kier alpha value is -0.790. The minimum absolute atomic E-state index is 0.192. The van der Waals surface area contributed by atoms with Gasteiger partial charge in [0.25, 0.3) is 0 Å². The summed E-state index contributed by atoms with van der Waals surface area (Å²) in [6.45, 7) is 4.31. The highest BCUT2D eigenvalue weighted by atomic mass is 16.1. The Morgan fingerprint density at radius 2 is 2.08 bits per heavy atom. The van der Waals surface area contributed by atoms with Crippen LogP contribution in [-0.2, 0) is 4.79 Å². The Kier molecular flexibility index (Phi) is 6.44. The minimum Gasteiger partial charge on any atom is -0.370 e. The van der Waals surface area contributed by atoms with Crippen molar-refractivity contribution in [2.24, 2.45) is 11.7 Å². The third-order valence-corrected chi connectivity index (χ3v) is 1.56. The molecule has 0 radical (unpaired) electrons. The molecule has 0 fully saturated rings. The van der Waals surface area contributed by atoms with Crippen molar-refractivity contribution >= 4 is 5.91 Å². The van der Waals surface area contributed by atoms with Crippen LogP contribution in [0.25, 0.3) is 0 Å².